The number of H-pyrrole nitrogens is 1. The number of aromatic nitrogens is 3. The van der Waals surface area contributed by atoms with E-state index in [1.165, 1.54) is 0 Å². The number of piperidine rings is 1. The van der Waals surface area contributed by atoms with Crippen molar-refractivity contribution in [1.29, 1.82) is 0 Å². The van der Waals surface area contributed by atoms with Crippen molar-refractivity contribution in [3.05, 3.63) is 70.4 Å². The maximum absolute atomic E-state index is 12.4. The molecule has 1 fully saturated rings. The Morgan fingerprint density at radius 1 is 1.17 bits per heavy atom. The van der Waals surface area contributed by atoms with Crippen molar-refractivity contribution in [3.8, 4) is 22.9 Å². The first-order chi connectivity index (χ1) is 14.7. The molecule has 1 saturated heterocycles. The Bertz CT molecular complexity index is 1050. The number of para-hydroxylation sites is 1. The second kappa shape index (κ2) is 9.09. The number of benzene rings is 1. The van der Waals surface area contributed by atoms with Gasteiger partial charge in [0.1, 0.15) is 5.82 Å². The van der Waals surface area contributed by atoms with E-state index in [2.05, 4.69) is 20.9 Å². The number of nitrogens with one attached hydrogen (secondary N) is 1. The van der Waals surface area contributed by atoms with Crippen molar-refractivity contribution in [3.63, 3.8) is 0 Å². The Morgan fingerprint density at radius 2 is 2.07 bits per heavy atom. The molecule has 4 rings (SSSR count). The van der Waals surface area contributed by atoms with Gasteiger partial charge in [-0.25, -0.2) is 4.98 Å². The second-order valence-electron chi connectivity index (χ2n) is 7.40. The fourth-order valence-electron chi connectivity index (χ4n) is 4.10. The molecule has 0 aliphatic carbocycles. The van der Waals surface area contributed by atoms with E-state index in [1.807, 2.05) is 24.3 Å². The number of aromatic amines is 1. The highest BCUT2D eigenvalue weighted by molar-refractivity contribution is 5.52. The van der Waals surface area contributed by atoms with Crippen LogP contribution in [-0.4, -0.2) is 40.6 Å². The van der Waals surface area contributed by atoms with E-state index in [4.69, 9.17) is 14.5 Å². The first-order valence-electron chi connectivity index (χ1n) is 10.1. The maximum Gasteiger partial charge on any atom is 0.251 e. The largest absolute Gasteiger partial charge is 0.493 e. The molecule has 1 aromatic carbocycles. The average Bonchev–Trinajstić information content (AvgIpc) is 2.79. The van der Waals surface area contributed by atoms with Gasteiger partial charge in [-0.3, -0.25) is 14.7 Å². The summed E-state index contributed by atoms with van der Waals surface area (Å²) in [6.45, 7) is 1.63. The quantitative estimate of drug-likeness (QED) is 0.674. The lowest BCUT2D eigenvalue weighted by molar-refractivity contribution is 0.135. The molecule has 3 heterocycles. The second-order valence-corrected chi connectivity index (χ2v) is 7.40. The van der Waals surface area contributed by atoms with Crippen LogP contribution in [0.5, 0.6) is 11.5 Å². The highest BCUT2D eigenvalue weighted by Crippen LogP contribution is 2.36. The molecule has 0 amide bonds. The molecule has 30 heavy (non-hydrogen) atoms. The fraction of sp³-hybridized carbons (Fsp3) is 0.348. The smallest absolute Gasteiger partial charge is 0.251 e. The predicted octanol–water partition coefficient (Wildman–Crippen LogP) is 3.58. The standard InChI is InChI=1S/C23H26N4O3/c1-29-20-10-5-7-17(22(20)30-2)15-27-12-4-3-9-19(27)18-13-21(28)26-23(25-18)16-8-6-11-24-14-16/h5-8,10-11,13-14,19H,3-4,9,12,15H2,1-2H3,(H,25,26,28)/t19-/m1/s1. The Balaban J connectivity index is 1.67. The van der Waals surface area contributed by atoms with Gasteiger partial charge in [0.05, 0.1) is 26.0 Å². The molecule has 7 heteroatoms. The SMILES string of the molecule is COc1cccc(CN2CCCC[C@@H]2c2cc(=O)[nH]c(-c3cccnc3)n2)c1OC. The van der Waals surface area contributed by atoms with E-state index in [0.717, 1.165) is 54.1 Å². The molecule has 1 N–H and O–H groups in total. The van der Waals surface area contributed by atoms with Crippen LogP contribution in [0.2, 0.25) is 0 Å². The Kier molecular flexibility index (Phi) is 6.09. The van der Waals surface area contributed by atoms with Crippen molar-refractivity contribution < 1.29 is 9.47 Å². The molecule has 0 spiro atoms. The topological polar surface area (TPSA) is 80.3 Å². The van der Waals surface area contributed by atoms with Crippen LogP contribution in [0.15, 0.2) is 53.6 Å². The molecule has 156 valence electrons. The van der Waals surface area contributed by atoms with E-state index in [1.54, 1.807) is 32.7 Å². The zero-order valence-corrected chi connectivity index (χ0v) is 17.3. The van der Waals surface area contributed by atoms with Crippen molar-refractivity contribution in [2.24, 2.45) is 0 Å². The number of hydrogen-bond donors (Lipinski definition) is 1. The van der Waals surface area contributed by atoms with Crippen LogP contribution in [0.25, 0.3) is 11.4 Å². The molecule has 1 atom stereocenters. The van der Waals surface area contributed by atoms with Crippen molar-refractivity contribution >= 4 is 0 Å². The lowest BCUT2D eigenvalue weighted by atomic mass is 9.98. The third-order valence-corrected chi connectivity index (χ3v) is 5.51. The summed E-state index contributed by atoms with van der Waals surface area (Å²) in [5, 5.41) is 0. The summed E-state index contributed by atoms with van der Waals surface area (Å²) in [5.74, 6) is 2.02. The van der Waals surface area contributed by atoms with Crippen LogP contribution in [0.1, 0.15) is 36.6 Å². The Morgan fingerprint density at radius 3 is 2.83 bits per heavy atom. The highest BCUT2D eigenvalue weighted by atomic mass is 16.5. The highest BCUT2D eigenvalue weighted by Gasteiger charge is 2.27. The zero-order chi connectivity index (χ0) is 20.9. The third kappa shape index (κ3) is 4.21. The normalized spacial score (nSPS) is 16.9. The third-order valence-electron chi connectivity index (χ3n) is 5.51. The van der Waals surface area contributed by atoms with Gasteiger partial charge in [-0.2, -0.15) is 0 Å². The summed E-state index contributed by atoms with van der Waals surface area (Å²) in [7, 11) is 3.30. The average molecular weight is 406 g/mol. The molecule has 0 unspecified atom stereocenters. The monoisotopic (exact) mass is 406 g/mol. The lowest BCUT2D eigenvalue weighted by Crippen LogP contribution is -2.34. The van der Waals surface area contributed by atoms with Crippen LogP contribution in [-0.2, 0) is 6.54 Å². The van der Waals surface area contributed by atoms with Crippen LogP contribution < -0.4 is 15.0 Å². The minimum Gasteiger partial charge on any atom is -0.493 e. The van der Waals surface area contributed by atoms with E-state index < -0.39 is 0 Å². The van der Waals surface area contributed by atoms with E-state index in [-0.39, 0.29) is 11.6 Å². The molecule has 7 nitrogen and oxygen atoms in total. The number of methoxy groups -OCH3 is 2. The van der Waals surface area contributed by atoms with Gasteiger partial charge in [-0.05, 0) is 37.6 Å². The summed E-state index contributed by atoms with van der Waals surface area (Å²) in [6.07, 6.45) is 6.58. The van der Waals surface area contributed by atoms with Crippen LogP contribution >= 0.6 is 0 Å². The Labute approximate surface area is 175 Å². The number of nitrogens with zero attached hydrogens (tertiary/aromatic N) is 3. The van der Waals surface area contributed by atoms with Gasteiger partial charge >= 0.3 is 0 Å². The van der Waals surface area contributed by atoms with Gasteiger partial charge in [-0.1, -0.05) is 18.6 Å². The molecule has 2 aromatic heterocycles. The van der Waals surface area contributed by atoms with E-state index in [9.17, 15) is 4.79 Å². The van der Waals surface area contributed by atoms with Gasteiger partial charge < -0.3 is 14.5 Å². The van der Waals surface area contributed by atoms with E-state index >= 15 is 0 Å². The minimum absolute atomic E-state index is 0.0624. The first-order valence-corrected chi connectivity index (χ1v) is 10.1. The summed E-state index contributed by atoms with van der Waals surface area (Å²) in [6, 6.07) is 11.3. The van der Waals surface area contributed by atoms with Crippen LogP contribution in [0.4, 0.5) is 0 Å². The summed E-state index contributed by atoms with van der Waals surface area (Å²) < 4.78 is 11.1. The predicted molar refractivity (Wildman–Crippen MR) is 115 cm³/mol. The van der Waals surface area contributed by atoms with Gasteiger partial charge in [-0.15, -0.1) is 0 Å². The first kappa shape index (κ1) is 20.1. The van der Waals surface area contributed by atoms with Crippen LogP contribution in [0.3, 0.4) is 0 Å². The summed E-state index contributed by atoms with van der Waals surface area (Å²) in [4.78, 5) is 26.6. The molecular weight excluding hydrogens is 380 g/mol. The number of pyridine rings is 1. The fourth-order valence-corrected chi connectivity index (χ4v) is 4.10. The maximum atomic E-state index is 12.4. The number of hydrogen-bond acceptors (Lipinski definition) is 6. The van der Waals surface area contributed by atoms with Gasteiger partial charge in [0.2, 0.25) is 0 Å². The summed E-state index contributed by atoms with van der Waals surface area (Å²) >= 11 is 0. The Hall–Kier alpha value is -3.19. The van der Waals surface area contributed by atoms with Crippen molar-refractivity contribution in [2.45, 2.75) is 31.8 Å². The number of likely N-dealkylation sites (tertiary alicyclic amines) is 1. The molecular formula is C23H26N4O3. The lowest BCUT2D eigenvalue weighted by Gasteiger charge is -2.35. The molecule has 1 aliphatic rings. The molecule has 0 saturated carbocycles. The van der Waals surface area contributed by atoms with Gasteiger partial charge in [0.25, 0.3) is 5.56 Å². The molecule has 0 bridgehead atoms. The van der Waals surface area contributed by atoms with Crippen molar-refractivity contribution in [1.82, 2.24) is 19.9 Å². The van der Waals surface area contributed by atoms with Gasteiger partial charge in [0, 0.05) is 36.1 Å². The zero-order valence-electron chi connectivity index (χ0n) is 17.3. The minimum atomic E-state index is -0.150. The number of rotatable bonds is 6. The number of ether oxygens (including phenoxy) is 2. The summed E-state index contributed by atoms with van der Waals surface area (Å²) in [5.41, 5.74) is 2.50. The van der Waals surface area contributed by atoms with E-state index in [0.29, 0.717) is 12.4 Å². The molecule has 1 aliphatic heterocycles. The molecule has 0 radical (unpaired) electrons. The van der Waals surface area contributed by atoms with Gasteiger partial charge in [0.15, 0.2) is 11.5 Å². The van der Waals surface area contributed by atoms with Crippen LogP contribution in [0, 0.1) is 0 Å². The van der Waals surface area contributed by atoms with Crippen molar-refractivity contribution in [2.75, 3.05) is 20.8 Å². The molecule has 3 aromatic rings.